The summed E-state index contributed by atoms with van der Waals surface area (Å²) in [5.41, 5.74) is 1.82. The molecule has 2 N–H and O–H groups in total. The summed E-state index contributed by atoms with van der Waals surface area (Å²) in [6, 6.07) is 9.21. The standard InChI is InChI=1S/C18H22ClN5O2/c1-12-8-17(24(22-12)10-14-4-3-5-15(19)9-14)21-18(26)23-7-6-16(11-23)20-13(2)25/h3-5,8-9,16H,6-7,10-11H2,1-2H3,(H,20,25)(H,21,26)/t16-/m0/s1. The fraction of sp³-hybridized carbons (Fsp3) is 0.389. The number of rotatable bonds is 4. The number of nitrogens with one attached hydrogen (secondary N) is 2. The smallest absolute Gasteiger partial charge is 0.323 e. The van der Waals surface area contributed by atoms with Crippen LogP contribution >= 0.6 is 11.6 Å². The van der Waals surface area contributed by atoms with E-state index in [1.54, 1.807) is 9.58 Å². The number of aromatic nitrogens is 2. The molecule has 1 aromatic carbocycles. The maximum atomic E-state index is 12.6. The Morgan fingerprint density at radius 1 is 1.35 bits per heavy atom. The molecule has 26 heavy (non-hydrogen) atoms. The van der Waals surface area contributed by atoms with Gasteiger partial charge in [0.2, 0.25) is 5.91 Å². The summed E-state index contributed by atoms with van der Waals surface area (Å²) in [5.74, 6) is 0.558. The van der Waals surface area contributed by atoms with Crippen molar-refractivity contribution in [1.29, 1.82) is 0 Å². The van der Waals surface area contributed by atoms with E-state index in [0.717, 1.165) is 17.7 Å². The number of amides is 3. The molecule has 1 aliphatic heterocycles. The lowest BCUT2D eigenvalue weighted by Crippen LogP contribution is -2.39. The lowest BCUT2D eigenvalue weighted by atomic mass is 10.2. The first kappa shape index (κ1) is 18.3. The number of halogens is 1. The first-order chi connectivity index (χ1) is 12.4. The largest absolute Gasteiger partial charge is 0.352 e. The second-order valence-electron chi connectivity index (χ2n) is 6.52. The van der Waals surface area contributed by atoms with Crippen LogP contribution in [0.5, 0.6) is 0 Å². The number of hydrogen-bond acceptors (Lipinski definition) is 3. The lowest BCUT2D eigenvalue weighted by molar-refractivity contribution is -0.119. The summed E-state index contributed by atoms with van der Waals surface area (Å²) in [4.78, 5) is 25.4. The zero-order valence-corrected chi connectivity index (χ0v) is 15.6. The number of benzene rings is 1. The molecule has 1 fully saturated rings. The second-order valence-corrected chi connectivity index (χ2v) is 6.96. The molecule has 0 bridgehead atoms. The monoisotopic (exact) mass is 375 g/mol. The van der Waals surface area contributed by atoms with Gasteiger partial charge >= 0.3 is 6.03 Å². The van der Waals surface area contributed by atoms with E-state index in [0.29, 0.717) is 30.5 Å². The van der Waals surface area contributed by atoms with Gasteiger partial charge in [-0.05, 0) is 31.0 Å². The third-order valence-corrected chi connectivity index (χ3v) is 4.48. The molecular weight excluding hydrogens is 354 g/mol. The molecule has 7 nitrogen and oxygen atoms in total. The van der Waals surface area contributed by atoms with Crippen molar-refractivity contribution in [1.82, 2.24) is 20.0 Å². The van der Waals surface area contributed by atoms with E-state index in [1.807, 2.05) is 37.3 Å². The summed E-state index contributed by atoms with van der Waals surface area (Å²) in [7, 11) is 0. The van der Waals surface area contributed by atoms with Crippen molar-refractivity contribution in [2.24, 2.45) is 0 Å². The van der Waals surface area contributed by atoms with Crippen LogP contribution in [0.1, 0.15) is 24.6 Å². The van der Waals surface area contributed by atoms with E-state index in [2.05, 4.69) is 15.7 Å². The van der Waals surface area contributed by atoms with Gasteiger partial charge in [0.1, 0.15) is 5.82 Å². The van der Waals surface area contributed by atoms with Crippen LogP contribution in [0.2, 0.25) is 5.02 Å². The van der Waals surface area contributed by atoms with E-state index < -0.39 is 0 Å². The molecule has 0 aliphatic carbocycles. The molecule has 8 heteroatoms. The molecule has 0 spiro atoms. The van der Waals surface area contributed by atoms with Crippen LogP contribution in [0.4, 0.5) is 10.6 Å². The predicted octanol–water partition coefficient (Wildman–Crippen LogP) is 2.64. The Morgan fingerprint density at radius 2 is 2.15 bits per heavy atom. The Balaban J connectivity index is 1.66. The van der Waals surface area contributed by atoms with E-state index >= 15 is 0 Å². The number of aryl methyl sites for hydroxylation is 1. The molecule has 0 radical (unpaired) electrons. The van der Waals surface area contributed by atoms with Crippen molar-refractivity contribution in [3.8, 4) is 0 Å². The van der Waals surface area contributed by atoms with E-state index in [-0.39, 0.29) is 18.0 Å². The van der Waals surface area contributed by atoms with Gasteiger partial charge in [-0.15, -0.1) is 0 Å². The molecule has 2 aromatic rings. The summed E-state index contributed by atoms with van der Waals surface area (Å²) >= 11 is 6.04. The minimum Gasteiger partial charge on any atom is -0.352 e. The van der Waals surface area contributed by atoms with Crippen LogP contribution < -0.4 is 10.6 Å². The van der Waals surface area contributed by atoms with Gasteiger partial charge in [-0.1, -0.05) is 23.7 Å². The summed E-state index contributed by atoms with van der Waals surface area (Å²) in [6.45, 7) is 5.00. The Bertz CT molecular complexity index is 820. The SMILES string of the molecule is CC(=O)N[C@H]1CCN(C(=O)Nc2cc(C)nn2Cc2cccc(Cl)c2)C1. The molecule has 3 rings (SSSR count). The van der Waals surface area contributed by atoms with Gasteiger partial charge in [0, 0.05) is 37.1 Å². The van der Waals surface area contributed by atoms with Crippen molar-refractivity contribution in [2.75, 3.05) is 18.4 Å². The van der Waals surface area contributed by atoms with Crippen LogP contribution in [0.25, 0.3) is 0 Å². The molecule has 1 saturated heterocycles. The van der Waals surface area contributed by atoms with Crippen LogP contribution in [-0.2, 0) is 11.3 Å². The van der Waals surface area contributed by atoms with Crippen molar-refractivity contribution < 1.29 is 9.59 Å². The Labute approximate surface area is 157 Å². The Kier molecular flexibility index (Phi) is 5.46. The summed E-state index contributed by atoms with van der Waals surface area (Å²) in [6.07, 6.45) is 0.758. The Morgan fingerprint density at radius 3 is 2.88 bits per heavy atom. The van der Waals surface area contributed by atoms with Crippen molar-refractivity contribution in [3.63, 3.8) is 0 Å². The second kappa shape index (κ2) is 7.78. The third-order valence-electron chi connectivity index (χ3n) is 4.24. The molecule has 1 atom stereocenters. The minimum atomic E-state index is -0.190. The maximum absolute atomic E-state index is 12.6. The number of carbonyl (C=O) groups excluding carboxylic acids is 2. The van der Waals surface area contributed by atoms with Crippen molar-refractivity contribution in [3.05, 3.63) is 46.6 Å². The van der Waals surface area contributed by atoms with Gasteiger partial charge in [-0.3, -0.25) is 10.1 Å². The summed E-state index contributed by atoms with van der Waals surface area (Å²) < 4.78 is 1.75. The van der Waals surface area contributed by atoms with Crippen LogP contribution in [0.3, 0.4) is 0 Å². The fourth-order valence-corrected chi connectivity index (χ4v) is 3.33. The highest BCUT2D eigenvalue weighted by atomic mass is 35.5. The van der Waals surface area contributed by atoms with Gasteiger partial charge in [0.25, 0.3) is 0 Å². The van der Waals surface area contributed by atoms with Crippen LogP contribution in [-0.4, -0.2) is 45.8 Å². The molecule has 0 unspecified atom stereocenters. The zero-order valence-electron chi connectivity index (χ0n) is 14.8. The molecular formula is C18H22ClN5O2. The molecule has 1 aliphatic rings. The van der Waals surface area contributed by atoms with Crippen molar-refractivity contribution in [2.45, 2.75) is 32.9 Å². The molecule has 2 heterocycles. The molecule has 3 amide bonds. The molecule has 0 saturated carbocycles. The van der Waals surface area contributed by atoms with Crippen LogP contribution in [0, 0.1) is 6.92 Å². The summed E-state index contributed by atoms with van der Waals surface area (Å²) in [5, 5.41) is 10.9. The molecule has 1 aromatic heterocycles. The van der Waals surface area contributed by atoms with Gasteiger partial charge in [-0.2, -0.15) is 5.10 Å². The minimum absolute atomic E-state index is 0.0105. The first-order valence-corrected chi connectivity index (χ1v) is 8.90. The lowest BCUT2D eigenvalue weighted by Gasteiger charge is -2.18. The number of urea groups is 1. The number of likely N-dealkylation sites (tertiary alicyclic amines) is 1. The quantitative estimate of drug-likeness (QED) is 0.862. The topological polar surface area (TPSA) is 79.3 Å². The van der Waals surface area contributed by atoms with Gasteiger partial charge < -0.3 is 10.2 Å². The average Bonchev–Trinajstić information content (AvgIpc) is 3.14. The van der Waals surface area contributed by atoms with E-state index in [4.69, 9.17) is 11.6 Å². The maximum Gasteiger partial charge on any atom is 0.323 e. The normalized spacial score (nSPS) is 16.6. The van der Waals surface area contributed by atoms with E-state index in [9.17, 15) is 9.59 Å². The predicted molar refractivity (Wildman–Crippen MR) is 100 cm³/mol. The first-order valence-electron chi connectivity index (χ1n) is 8.52. The average molecular weight is 376 g/mol. The zero-order chi connectivity index (χ0) is 18.7. The Hall–Kier alpha value is -2.54. The van der Waals surface area contributed by atoms with Crippen LogP contribution in [0.15, 0.2) is 30.3 Å². The van der Waals surface area contributed by atoms with Gasteiger partial charge in [0.15, 0.2) is 0 Å². The van der Waals surface area contributed by atoms with Gasteiger partial charge in [0.05, 0.1) is 12.2 Å². The highest BCUT2D eigenvalue weighted by Gasteiger charge is 2.27. The molecule has 138 valence electrons. The number of nitrogens with zero attached hydrogens (tertiary/aromatic N) is 3. The van der Waals surface area contributed by atoms with E-state index in [1.165, 1.54) is 6.92 Å². The fourth-order valence-electron chi connectivity index (χ4n) is 3.11. The number of carbonyl (C=O) groups is 2. The van der Waals surface area contributed by atoms with Crippen molar-refractivity contribution >= 4 is 29.4 Å². The number of hydrogen-bond donors (Lipinski definition) is 2. The third kappa shape index (κ3) is 4.54. The highest BCUT2D eigenvalue weighted by Crippen LogP contribution is 2.17. The van der Waals surface area contributed by atoms with Gasteiger partial charge in [-0.25, -0.2) is 9.48 Å². The highest BCUT2D eigenvalue weighted by molar-refractivity contribution is 6.30. The number of anilines is 1.